The molecular weight excluding hydrogens is 328 g/mol. The van der Waals surface area contributed by atoms with Crippen molar-refractivity contribution in [1.82, 2.24) is 4.90 Å². The summed E-state index contributed by atoms with van der Waals surface area (Å²) in [5.74, 6) is 0.933. The van der Waals surface area contributed by atoms with Crippen LogP contribution in [0.5, 0.6) is 5.75 Å². The van der Waals surface area contributed by atoms with Gasteiger partial charge in [0.25, 0.3) is 0 Å². The second-order valence-electron chi connectivity index (χ2n) is 6.31. The first-order valence-electron chi connectivity index (χ1n) is 8.88. The molecular formula is C21H24N2O3. The van der Waals surface area contributed by atoms with E-state index in [0.717, 1.165) is 22.6 Å². The minimum absolute atomic E-state index is 0.119. The van der Waals surface area contributed by atoms with Gasteiger partial charge in [-0.25, -0.2) is 0 Å². The fourth-order valence-corrected chi connectivity index (χ4v) is 3.01. The van der Waals surface area contributed by atoms with Gasteiger partial charge in [-0.2, -0.15) is 0 Å². The second kappa shape index (κ2) is 8.52. The van der Waals surface area contributed by atoms with E-state index in [2.05, 4.69) is 5.16 Å². The Morgan fingerprint density at radius 2 is 1.92 bits per heavy atom. The Morgan fingerprint density at radius 1 is 1.19 bits per heavy atom. The highest BCUT2D eigenvalue weighted by atomic mass is 16.6. The lowest BCUT2D eigenvalue weighted by Crippen LogP contribution is -2.36. The van der Waals surface area contributed by atoms with Crippen molar-refractivity contribution in [2.24, 2.45) is 5.16 Å². The maximum absolute atomic E-state index is 12.3. The van der Waals surface area contributed by atoms with Gasteiger partial charge in [-0.3, -0.25) is 4.79 Å². The summed E-state index contributed by atoms with van der Waals surface area (Å²) in [7, 11) is 1.65. The van der Waals surface area contributed by atoms with Crippen LogP contribution in [-0.4, -0.2) is 36.3 Å². The summed E-state index contributed by atoms with van der Waals surface area (Å²) in [5.41, 5.74) is 3.04. The van der Waals surface area contributed by atoms with Crippen LogP contribution in [-0.2, 0) is 16.2 Å². The number of nitrogens with zero attached hydrogens (tertiary/aromatic N) is 2. The molecule has 0 bridgehead atoms. The molecule has 1 aliphatic heterocycles. The van der Waals surface area contributed by atoms with Gasteiger partial charge in [0.1, 0.15) is 5.75 Å². The third-order valence-electron chi connectivity index (χ3n) is 4.45. The summed E-state index contributed by atoms with van der Waals surface area (Å²) >= 11 is 0. The van der Waals surface area contributed by atoms with E-state index in [0.29, 0.717) is 25.9 Å². The minimum Gasteiger partial charge on any atom is -0.497 e. The molecule has 2 aromatic rings. The predicted octanol–water partition coefficient (Wildman–Crippen LogP) is 3.63. The van der Waals surface area contributed by atoms with Crippen LogP contribution in [0, 0.1) is 0 Å². The third kappa shape index (κ3) is 4.42. The van der Waals surface area contributed by atoms with Crippen molar-refractivity contribution >= 4 is 11.6 Å². The summed E-state index contributed by atoms with van der Waals surface area (Å²) in [6, 6.07) is 17.8. The monoisotopic (exact) mass is 352 g/mol. The van der Waals surface area contributed by atoms with E-state index in [-0.39, 0.29) is 12.0 Å². The number of oxime groups is 1. The van der Waals surface area contributed by atoms with Gasteiger partial charge in [0.15, 0.2) is 6.10 Å². The van der Waals surface area contributed by atoms with Gasteiger partial charge in [-0.05, 0) is 35.4 Å². The van der Waals surface area contributed by atoms with Crippen LogP contribution >= 0.6 is 0 Å². The largest absolute Gasteiger partial charge is 0.497 e. The van der Waals surface area contributed by atoms with Crippen molar-refractivity contribution in [3.63, 3.8) is 0 Å². The van der Waals surface area contributed by atoms with Crippen LogP contribution in [0.4, 0.5) is 0 Å². The van der Waals surface area contributed by atoms with E-state index in [9.17, 15) is 4.79 Å². The van der Waals surface area contributed by atoms with Crippen molar-refractivity contribution in [3.05, 3.63) is 65.7 Å². The van der Waals surface area contributed by atoms with Crippen molar-refractivity contribution in [2.45, 2.75) is 32.4 Å². The molecule has 0 N–H and O–H groups in total. The van der Waals surface area contributed by atoms with Crippen molar-refractivity contribution in [1.29, 1.82) is 0 Å². The molecule has 5 nitrogen and oxygen atoms in total. The Bertz CT molecular complexity index is 757. The number of ether oxygens (including phenoxy) is 1. The highest BCUT2D eigenvalue weighted by molar-refractivity contribution is 6.01. The van der Waals surface area contributed by atoms with Gasteiger partial charge in [-0.1, -0.05) is 42.4 Å². The van der Waals surface area contributed by atoms with Crippen LogP contribution in [0.2, 0.25) is 0 Å². The average Bonchev–Trinajstić information content (AvgIpc) is 3.16. The lowest BCUT2D eigenvalue weighted by molar-refractivity contribution is -0.133. The molecule has 0 aromatic heterocycles. The van der Waals surface area contributed by atoms with Gasteiger partial charge in [-0.15, -0.1) is 0 Å². The zero-order chi connectivity index (χ0) is 18.4. The molecule has 1 amide bonds. The molecule has 3 rings (SSSR count). The molecule has 0 fully saturated rings. The zero-order valence-corrected chi connectivity index (χ0v) is 15.2. The standard InChI is InChI=1S/C21H24N2O3/c1-3-21(24)23(14-16-7-5-4-6-8-16)15-19-13-20(22-26-19)17-9-11-18(25-2)12-10-17/h4-12,19H,3,13-15H2,1-2H3/t19-/m1/s1. The average molecular weight is 352 g/mol. The van der Waals surface area contributed by atoms with Gasteiger partial charge >= 0.3 is 0 Å². The molecule has 1 atom stereocenters. The van der Waals surface area contributed by atoms with E-state index in [1.807, 2.05) is 66.4 Å². The highest BCUT2D eigenvalue weighted by Gasteiger charge is 2.26. The number of hydrogen-bond donors (Lipinski definition) is 0. The fourth-order valence-electron chi connectivity index (χ4n) is 3.01. The number of carbonyl (C=O) groups is 1. The summed E-state index contributed by atoms with van der Waals surface area (Å²) in [6.07, 6.45) is 1.05. The number of methoxy groups -OCH3 is 1. The molecule has 0 unspecified atom stereocenters. The van der Waals surface area contributed by atoms with Gasteiger partial charge < -0.3 is 14.5 Å². The maximum atomic E-state index is 12.3. The molecule has 1 heterocycles. The fraction of sp³-hybridized carbons (Fsp3) is 0.333. The van der Waals surface area contributed by atoms with E-state index < -0.39 is 0 Å². The summed E-state index contributed by atoms with van der Waals surface area (Å²) < 4.78 is 5.19. The normalized spacial score (nSPS) is 15.9. The first-order chi connectivity index (χ1) is 12.7. The first-order valence-corrected chi connectivity index (χ1v) is 8.88. The topological polar surface area (TPSA) is 51.1 Å². The van der Waals surface area contributed by atoms with Crippen molar-refractivity contribution < 1.29 is 14.4 Å². The molecule has 136 valence electrons. The molecule has 0 saturated carbocycles. The highest BCUT2D eigenvalue weighted by Crippen LogP contribution is 2.21. The molecule has 0 radical (unpaired) electrons. The lowest BCUT2D eigenvalue weighted by Gasteiger charge is -2.24. The Balaban J connectivity index is 1.62. The minimum atomic E-state index is -0.119. The lowest BCUT2D eigenvalue weighted by atomic mass is 10.0. The van der Waals surface area contributed by atoms with Crippen LogP contribution in [0.25, 0.3) is 0 Å². The van der Waals surface area contributed by atoms with Crippen LogP contribution in [0.15, 0.2) is 59.8 Å². The number of benzene rings is 2. The van der Waals surface area contributed by atoms with E-state index >= 15 is 0 Å². The van der Waals surface area contributed by atoms with Gasteiger partial charge in [0.05, 0.1) is 19.4 Å². The van der Waals surface area contributed by atoms with Crippen LogP contribution in [0.1, 0.15) is 30.9 Å². The molecule has 26 heavy (non-hydrogen) atoms. The van der Waals surface area contributed by atoms with E-state index in [1.165, 1.54) is 0 Å². The Hall–Kier alpha value is -2.82. The molecule has 5 heteroatoms. The number of hydrogen-bond acceptors (Lipinski definition) is 4. The quantitative estimate of drug-likeness (QED) is 0.765. The SMILES string of the molecule is CCC(=O)N(Cc1ccccc1)C[C@H]1CC(c2ccc(OC)cc2)=NO1. The van der Waals surface area contributed by atoms with Crippen LogP contribution < -0.4 is 4.74 Å². The summed E-state index contributed by atoms with van der Waals surface area (Å²) in [6.45, 7) is 3.01. The van der Waals surface area contributed by atoms with E-state index in [1.54, 1.807) is 7.11 Å². The molecule has 0 aliphatic carbocycles. The number of rotatable bonds is 7. The van der Waals surface area contributed by atoms with Crippen molar-refractivity contribution in [2.75, 3.05) is 13.7 Å². The number of carbonyl (C=O) groups excluding carboxylic acids is 1. The molecule has 2 aromatic carbocycles. The number of amides is 1. The second-order valence-corrected chi connectivity index (χ2v) is 6.31. The smallest absolute Gasteiger partial charge is 0.222 e. The Kier molecular flexibility index (Phi) is 5.89. The Morgan fingerprint density at radius 3 is 2.58 bits per heavy atom. The maximum Gasteiger partial charge on any atom is 0.222 e. The third-order valence-corrected chi connectivity index (χ3v) is 4.45. The predicted molar refractivity (Wildman–Crippen MR) is 101 cm³/mol. The van der Waals surface area contributed by atoms with Crippen molar-refractivity contribution in [3.8, 4) is 5.75 Å². The van der Waals surface area contributed by atoms with Crippen LogP contribution in [0.3, 0.4) is 0 Å². The van der Waals surface area contributed by atoms with Gasteiger partial charge in [0.2, 0.25) is 5.91 Å². The van der Waals surface area contributed by atoms with E-state index in [4.69, 9.17) is 9.57 Å². The molecule has 0 spiro atoms. The van der Waals surface area contributed by atoms with Gasteiger partial charge in [0, 0.05) is 19.4 Å². The summed E-state index contributed by atoms with van der Waals surface area (Å²) in [4.78, 5) is 19.8. The molecule has 1 aliphatic rings. The zero-order valence-electron chi connectivity index (χ0n) is 15.2. The Labute approximate surface area is 154 Å². The first kappa shape index (κ1) is 18.0. The summed E-state index contributed by atoms with van der Waals surface area (Å²) in [5, 5.41) is 4.23. The molecule has 0 saturated heterocycles.